The van der Waals surface area contributed by atoms with Gasteiger partial charge >= 0.3 is 0 Å². The molecule has 1 heterocycles. The van der Waals surface area contributed by atoms with Gasteiger partial charge in [-0.25, -0.2) is 4.98 Å². The summed E-state index contributed by atoms with van der Waals surface area (Å²) in [5.41, 5.74) is 9.54. The van der Waals surface area contributed by atoms with E-state index < -0.39 is 0 Å². The molecule has 3 heteroatoms. The molecule has 0 saturated heterocycles. The van der Waals surface area contributed by atoms with Crippen LogP contribution in [-0.2, 0) is 26.4 Å². The quantitative estimate of drug-likeness (QED) is 0.871. The van der Waals surface area contributed by atoms with Gasteiger partial charge in [-0.3, -0.25) is 0 Å². The van der Waals surface area contributed by atoms with Gasteiger partial charge in [0.2, 0.25) is 0 Å². The lowest BCUT2D eigenvalue weighted by atomic mass is 10.1. The molecule has 90 valence electrons. The number of aromatic nitrogens is 2. The molecule has 0 amide bonds. The molecule has 0 unspecified atom stereocenters. The van der Waals surface area contributed by atoms with Gasteiger partial charge < -0.3 is 10.3 Å². The Labute approximate surface area is 102 Å². The second-order valence-corrected chi connectivity index (χ2v) is 4.42. The van der Waals surface area contributed by atoms with Gasteiger partial charge in [-0.1, -0.05) is 29.8 Å². The maximum absolute atomic E-state index is 5.61. The van der Waals surface area contributed by atoms with Crippen molar-refractivity contribution < 1.29 is 0 Å². The highest BCUT2D eigenvalue weighted by atomic mass is 15.1. The van der Waals surface area contributed by atoms with Crippen LogP contribution in [0.25, 0.3) is 0 Å². The molecule has 1 aromatic carbocycles. The molecule has 0 spiro atoms. The lowest BCUT2D eigenvalue weighted by Crippen LogP contribution is -2.07. The minimum Gasteiger partial charge on any atom is -0.334 e. The summed E-state index contributed by atoms with van der Waals surface area (Å²) in [5.74, 6) is 0.948. The van der Waals surface area contributed by atoms with E-state index in [0.717, 1.165) is 18.7 Å². The first-order valence-corrected chi connectivity index (χ1v) is 5.96. The lowest BCUT2D eigenvalue weighted by molar-refractivity contribution is 0.739. The topological polar surface area (TPSA) is 43.8 Å². The molecule has 2 N–H and O–H groups in total. The summed E-state index contributed by atoms with van der Waals surface area (Å²) in [7, 11) is 2.03. The number of nitrogens with zero attached hydrogens (tertiary/aromatic N) is 2. The van der Waals surface area contributed by atoms with Crippen LogP contribution in [0.3, 0.4) is 0 Å². The number of hydrogen-bond donors (Lipinski definition) is 1. The lowest BCUT2D eigenvalue weighted by Gasteiger charge is -2.05. The Morgan fingerprint density at radius 2 is 2.12 bits per heavy atom. The largest absolute Gasteiger partial charge is 0.334 e. The second-order valence-electron chi connectivity index (χ2n) is 4.42. The molecule has 3 nitrogen and oxygen atoms in total. The van der Waals surface area contributed by atoms with Crippen LogP contribution in [0.15, 0.2) is 30.5 Å². The van der Waals surface area contributed by atoms with Gasteiger partial charge in [0, 0.05) is 18.9 Å². The first-order valence-electron chi connectivity index (χ1n) is 5.96. The molecule has 2 rings (SSSR count). The first-order chi connectivity index (χ1) is 8.20. The molecular formula is C14H19N3. The highest BCUT2D eigenvalue weighted by Crippen LogP contribution is 2.10. The van der Waals surface area contributed by atoms with E-state index in [1.165, 1.54) is 16.8 Å². The maximum atomic E-state index is 5.61. The molecule has 17 heavy (non-hydrogen) atoms. The fourth-order valence-corrected chi connectivity index (χ4v) is 2.05. The number of hydrogen-bond acceptors (Lipinski definition) is 2. The zero-order valence-corrected chi connectivity index (χ0v) is 10.5. The molecule has 0 bridgehead atoms. The number of benzene rings is 1. The van der Waals surface area contributed by atoms with Gasteiger partial charge in [0.25, 0.3) is 0 Å². The van der Waals surface area contributed by atoms with E-state index in [1.807, 2.05) is 13.2 Å². The number of rotatable bonds is 4. The number of nitrogens with two attached hydrogens (primary N) is 1. The van der Waals surface area contributed by atoms with E-state index in [4.69, 9.17) is 5.73 Å². The summed E-state index contributed by atoms with van der Waals surface area (Å²) in [6.45, 7) is 2.63. The summed E-state index contributed by atoms with van der Waals surface area (Å²) in [5, 5.41) is 0. The van der Waals surface area contributed by atoms with Crippen LogP contribution in [0.5, 0.6) is 0 Å². The highest BCUT2D eigenvalue weighted by molar-refractivity contribution is 5.23. The zero-order chi connectivity index (χ0) is 12.3. The maximum Gasteiger partial charge on any atom is 0.122 e. The summed E-state index contributed by atoms with van der Waals surface area (Å²) in [6, 6.07) is 8.65. The normalized spacial score (nSPS) is 10.8. The molecule has 0 saturated carbocycles. The van der Waals surface area contributed by atoms with Crippen molar-refractivity contribution in [1.82, 2.24) is 9.55 Å². The zero-order valence-electron chi connectivity index (χ0n) is 10.5. The average Bonchev–Trinajstić information content (AvgIpc) is 2.67. The molecule has 0 aliphatic carbocycles. The Bertz CT molecular complexity index is 500. The molecular weight excluding hydrogens is 210 g/mol. The van der Waals surface area contributed by atoms with Crippen LogP contribution in [0.2, 0.25) is 0 Å². The monoisotopic (exact) mass is 229 g/mol. The third-order valence-corrected chi connectivity index (χ3v) is 3.12. The van der Waals surface area contributed by atoms with Crippen molar-refractivity contribution in [3.8, 4) is 0 Å². The van der Waals surface area contributed by atoms with Crippen molar-refractivity contribution in [1.29, 1.82) is 0 Å². The number of imidazole rings is 1. The van der Waals surface area contributed by atoms with Crippen molar-refractivity contribution in [2.75, 3.05) is 0 Å². The van der Waals surface area contributed by atoms with E-state index >= 15 is 0 Å². The third-order valence-electron chi connectivity index (χ3n) is 3.12. The third kappa shape index (κ3) is 2.74. The van der Waals surface area contributed by atoms with Crippen LogP contribution in [-0.4, -0.2) is 9.55 Å². The highest BCUT2D eigenvalue weighted by Gasteiger charge is 2.04. The second kappa shape index (κ2) is 5.15. The van der Waals surface area contributed by atoms with Crippen LogP contribution >= 0.6 is 0 Å². The van der Waals surface area contributed by atoms with Crippen molar-refractivity contribution in [3.63, 3.8) is 0 Å². The smallest absolute Gasteiger partial charge is 0.122 e. The van der Waals surface area contributed by atoms with E-state index in [9.17, 15) is 0 Å². The van der Waals surface area contributed by atoms with Crippen LogP contribution < -0.4 is 5.73 Å². The molecule has 0 aliphatic heterocycles. The molecule has 1 aromatic heterocycles. The van der Waals surface area contributed by atoms with Gasteiger partial charge in [0.05, 0.1) is 6.54 Å². The van der Waals surface area contributed by atoms with Gasteiger partial charge in [-0.05, 0) is 25.3 Å². The van der Waals surface area contributed by atoms with Crippen molar-refractivity contribution in [2.24, 2.45) is 12.8 Å². The van der Waals surface area contributed by atoms with Gasteiger partial charge in [-0.15, -0.1) is 0 Å². The standard InChI is InChI=1S/C14H19N3/c1-11-4-3-5-12(8-11)6-7-13-10-16-14(9-15)17(13)2/h3-5,8,10H,6-7,9,15H2,1-2H3. The van der Waals surface area contributed by atoms with Gasteiger partial charge in [-0.2, -0.15) is 0 Å². The Kier molecular flexibility index (Phi) is 3.59. The summed E-state index contributed by atoms with van der Waals surface area (Å²) < 4.78 is 2.09. The molecule has 2 aromatic rings. The molecule has 0 aliphatic rings. The predicted molar refractivity (Wildman–Crippen MR) is 69.7 cm³/mol. The molecule has 0 radical (unpaired) electrons. The Morgan fingerprint density at radius 1 is 1.29 bits per heavy atom. The van der Waals surface area contributed by atoms with E-state index in [0.29, 0.717) is 6.54 Å². The molecule has 0 fully saturated rings. The minimum absolute atomic E-state index is 0.501. The summed E-state index contributed by atoms with van der Waals surface area (Å²) in [6.07, 6.45) is 3.98. The van der Waals surface area contributed by atoms with Crippen LogP contribution in [0.1, 0.15) is 22.6 Å². The average molecular weight is 229 g/mol. The summed E-state index contributed by atoms with van der Waals surface area (Å²) >= 11 is 0. The van der Waals surface area contributed by atoms with Gasteiger partial charge in [0.15, 0.2) is 0 Å². The van der Waals surface area contributed by atoms with Crippen molar-refractivity contribution >= 4 is 0 Å². The Morgan fingerprint density at radius 3 is 2.76 bits per heavy atom. The number of aryl methyl sites for hydroxylation is 3. The Balaban J connectivity index is 2.05. The van der Waals surface area contributed by atoms with E-state index in [-0.39, 0.29) is 0 Å². The minimum atomic E-state index is 0.501. The van der Waals surface area contributed by atoms with E-state index in [1.54, 1.807) is 0 Å². The van der Waals surface area contributed by atoms with Crippen molar-refractivity contribution in [3.05, 3.63) is 53.1 Å². The predicted octanol–water partition coefficient (Wildman–Crippen LogP) is 1.97. The summed E-state index contributed by atoms with van der Waals surface area (Å²) in [4.78, 5) is 4.30. The fraction of sp³-hybridized carbons (Fsp3) is 0.357. The Hall–Kier alpha value is -1.61. The van der Waals surface area contributed by atoms with Crippen LogP contribution in [0, 0.1) is 6.92 Å². The SMILES string of the molecule is Cc1cccc(CCc2cnc(CN)n2C)c1. The van der Waals surface area contributed by atoms with Crippen molar-refractivity contribution in [2.45, 2.75) is 26.3 Å². The fourth-order valence-electron chi connectivity index (χ4n) is 2.05. The first kappa shape index (κ1) is 11.9. The van der Waals surface area contributed by atoms with Crippen LogP contribution in [0.4, 0.5) is 0 Å². The molecule has 0 atom stereocenters. The van der Waals surface area contributed by atoms with E-state index in [2.05, 4.69) is 40.7 Å². The van der Waals surface area contributed by atoms with Gasteiger partial charge in [0.1, 0.15) is 5.82 Å².